The highest BCUT2D eigenvalue weighted by molar-refractivity contribution is 5.02. The normalized spacial score (nSPS) is 24.7. The van der Waals surface area contributed by atoms with Gasteiger partial charge in [-0.25, -0.2) is 9.67 Å². The molecule has 1 fully saturated rings. The first kappa shape index (κ1) is 13.5. The molecule has 1 aliphatic rings. The van der Waals surface area contributed by atoms with Crippen LogP contribution >= 0.6 is 0 Å². The molecule has 1 aliphatic heterocycles. The molecule has 102 valence electrons. The lowest BCUT2D eigenvalue weighted by atomic mass is 10.0. The van der Waals surface area contributed by atoms with Gasteiger partial charge in [-0.15, -0.1) is 0 Å². The Morgan fingerprint density at radius 3 is 2.72 bits per heavy atom. The molecule has 2 atom stereocenters. The maximum atomic E-state index is 6.41. The lowest BCUT2D eigenvalue weighted by molar-refractivity contribution is 0.0940. The van der Waals surface area contributed by atoms with E-state index in [4.69, 9.17) is 5.73 Å². The summed E-state index contributed by atoms with van der Waals surface area (Å²) in [5, 5.41) is 4.27. The average molecular weight is 252 g/mol. The first-order valence-corrected chi connectivity index (χ1v) is 6.54. The van der Waals surface area contributed by atoms with Crippen LogP contribution in [0.1, 0.15) is 31.8 Å². The Hall–Kier alpha value is -0.980. The molecule has 0 aromatic carbocycles. The maximum absolute atomic E-state index is 6.41. The second-order valence-electron chi connectivity index (χ2n) is 5.49. The predicted octanol–water partition coefficient (Wildman–Crippen LogP) is 0.105. The molecule has 2 N–H and O–H groups in total. The Labute approximate surface area is 109 Å². The van der Waals surface area contributed by atoms with E-state index in [1.165, 1.54) is 0 Å². The number of nitrogens with zero attached hydrogens (tertiary/aromatic N) is 5. The largest absolute Gasteiger partial charge is 0.320 e. The summed E-state index contributed by atoms with van der Waals surface area (Å²) in [5.41, 5.74) is 6.41. The van der Waals surface area contributed by atoms with Gasteiger partial charge in [-0.1, -0.05) is 0 Å². The lowest BCUT2D eigenvalue weighted by Gasteiger charge is -2.40. The third-order valence-corrected chi connectivity index (χ3v) is 3.70. The molecule has 0 spiro atoms. The number of aromatic nitrogens is 3. The number of likely N-dealkylation sites (N-methyl/N-ethyl adjacent to an activating group) is 2. The molecule has 2 rings (SSSR count). The monoisotopic (exact) mass is 252 g/mol. The fourth-order valence-corrected chi connectivity index (χ4v) is 2.50. The van der Waals surface area contributed by atoms with Crippen molar-refractivity contribution < 1.29 is 0 Å². The highest BCUT2D eigenvalue weighted by Crippen LogP contribution is 2.21. The molecular formula is C12H24N6. The summed E-state index contributed by atoms with van der Waals surface area (Å²) in [6.07, 6.45) is 1.60. The van der Waals surface area contributed by atoms with Crippen molar-refractivity contribution in [2.75, 3.05) is 33.7 Å². The Kier molecular flexibility index (Phi) is 3.99. The van der Waals surface area contributed by atoms with Crippen molar-refractivity contribution in [2.45, 2.75) is 32.0 Å². The van der Waals surface area contributed by atoms with Crippen molar-refractivity contribution in [3.63, 3.8) is 0 Å². The summed E-state index contributed by atoms with van der Waals surface area (Å²) in [6.45, 7) is 7.31. The smallest absolute Gasteiger partial charge is 0.145 e. The molecule has 2 unspecified atom stereocenters. The summed E-state index contributed by atoms with van der Waals surface area (Å²) in [6, 6.07) is 0.494. The third kappa shape index (κ3) is 2.55. The maximum Gasteiger partial charge on any atom is 0.145 e. The second kappa shape index (κ2) is 5.34. The molecule has 0 saturated carbocycles. The van der Waals surface area contributed by atoms with E-state index in [2.05, 4.69) is 47.8 Å². The summed E-state index contributed by atoms with van der Waals surface area (Å²) >= 11 is 0. The van der Waals surface area contributed by atoms with Gasteiger partial charge in [0.05, 0.1) is 6.04 Å². The van der Waals surface area contributed by atoms with Crippen LogP contribution in [0.25, 0.3) is 0 Å². The quantitative estimate of drug-likeness (QED) is 0.827. The van der Waals surface area contributed by atoms with E-state index in [0.29, 0.717) is 12.1 Å². The van der Waals surface area contributed by atoms with E-state index in [0.717, 1.165) is 25.5 Å². The van der Waals surface area contributed by atoms with Crippen molar-refractivity contribution >= 4 is 0 Å². The number of rotatable bonds is 3. The Morgan fingerprint density at radius 1 is 1.33 bits per heavy atom. The fourth-order valence-electron chi connectivity index (χ4n) is 2.50. The van der Waals surface area contributed by atoms with Crippen molar-refractivity contribution in [1.82, 2.24) is 24.6 Å². The molecule has 0 bridgehead atoms. The topological polar surface area (TPSA) is 63.2 Å². The zero-order valence-corrected chi connectivity index (χ0v) is 11.7. The molecule has 0 radical (unpaired) electrons. The van der Waals surface area contributed by atoms with Gasteiger partial charge in [0.25, 0.3) is 0 Å². The first-order valence-electron chi connectivity index (χ1n) is 6.54. The minimum Gasteiger partial charge on any atom is -0.320 e. The highest BCUT2D eigenvalue weighted by Gasteiger charge is 2.31. The molecule has 1 saturated heterocycles. The van der Waals surface area contributed by atoms with Crippen molar-refractivity contribution in [3.8, 4) is 0 Å². The van der Waals surface area contributed by atoms with Gasteiger partial charge in [0.1, 0.15) is 12.2 Å². The Morgan fingerprint density at radius 2 is 2.06 bits per heavy atom. The van der Waals surface area contributed by atoms with Gasteiger partial charge in [-0.05, 0) is 27.9 Å². The number of hydrogen-bond acceptors (Lipinski definition) is 5. The summed E-state index contributed by atoms with van der Waals surface area (Å²) < 4.78 is 1.92. The van der Waals surface area contributed by atoms with E-state index in [-0.39, 0.29) is 6.04 Å². The van der Waals surface area contributed by atoms with Gasteiger partial charge in [0.15, 0.2) is 0 Å². The van der Waals surface area contributed by atoms with E-state index >= 15 is 0 Å². The van der Waals surface area contributed by atoms with E-state index in [1.54, 1.807) is 6.33 Å². The zero-order chi connectivity index (χ0) is 13.3. The minimum absolute atomic E-state index is 0.0948. The summed E-state index contributed by atoms with van der Waals surface area (Å²) in [7, 11) is 4.27. The van der Waals surface area contributed by atoms with Gasteiger partial charge < -0.3 is 10.6 Å². The fraction of sp³-hybridized carbons (Fsp3) is 0.833. The standard InChI is InChI=1S/C12H24N6/c1-9(2)18-12(14-8-15-18)11(13)10-7-16(3)5-6-17(10)4/h8-11H,5-7,13H2,1-4H3. The average Bonchev–Trinajstić information content (AvgIpc) is 2.80. The van der Waals surface area contributed by atoms with Gasteiger partial charge in [-0.2, -0.15) is 5.10 Å². The molecule has 1 aromatic rings. The van der Waals surface area contributed by atoms with E-state index < -0.39 is 0 Å². The van der Waals surface area contributed by atoms with Gasteiger partial charge in [0.2, 0.25) is 0 Å². The third-order valence-electron chi connectivity index (χ3n) is 3.70. The van der Waals surface area contributed by atoms with E-state index in [9.17, 15) is 0 Å². The van der Waals surface area contributed by atoms with Crippen LogP contribution in [0, 0.1) is 0 Å². The molecule has 18 heavy (non-hydrogen) atoms. The number of nitrogens with two attached hydrogens (primary N) is 1. The van der Waals surface area contributed by atoms with Crippen LogP contribution in [0.3, 0.4) is 0 Å². The van der Waals surface area contributed by atoms with Crippen molar-refractivity contribution in [2.24, 2.45) is 5.73 Å². The first-order chi connectivity index (χ1) is 8.50. The number of piperazine rings is 1. The van der Waals surface area contributed by atoms with Crippen LogP contribution < -0.4 is 5.73 Å². The van der Waals surface area contributed by atoms with Crippen LogP contribution in [0.2, 0.25) is 0 Å². The molecule has 1 aromatic heterocycles. The van der Waals surface area contributed by atoms with E-state index in [1.807, 2.05) is 4.68 Å². The molecule has 0 aliphatic carbocycles. The minimum atomic E-state index is -0.0948. The summed E-state index contributed by atoms with van der Waals surface area (Å²) in [4.78, 5) is 9.00. The molecule has 6 heteroatoms. The molecule has 6 nitrogen and oxygen atoms in total. The molecule has 2 heterocycles. The van der Waals surface area contributed by atoms with Crippen LogP contribution in [0.5, 0.6) is 0 Å². The number of hydrogen-bond donors (Lipinski definition) is 1. The lowest BCUT2D eigenvalue weighted by Crippen LogP contribution is -2.54. The molecule has 0 amide bonds. The van der Waals surface area contributed by atoms with Gasteiger partial charge >= 0.3 is 0 Å². The SMILES string of the molecule is CC(C)n1ncnc1C(N)C1CN(C)CCN1C. The van der Waals surface area contributed by atoms with Crippen LogP contribution in [-0.4, -0.2) is 64.3 Å². The second-order valence-corrected chi connectivity index (χ2v) is 5.49. The van der Waals surface area contributed by atoms with Crippen LogP contribution in [-0.2, 0) is 0 Å². The highest BCUT2D eigenvalue weighted by atomic mass is 15.4. The van der Waals surface area contributed by atoms with Gasteiger partial charge in [0, 0.05) is 31.7 Å². The molecular weight excluding hydrogens is 228 g/mol. The zero-order valence-electron chi connectivity index (χ0n) is 11.7. The summed E-state index contributed by atoms with van der Waals surface area (Å²) in [5.74, 6) is 0.886. The van der Waals surface area contributed by atoms with Crippen molar-refractivity contribution in [3.05, 3.63) is 12.2 Å². The van der Waals surface area contributed by atoms with Crippen LogP contribution in [0.15, 0.2) is 6.33 Å². The Bertz CT molecular complexity index is 388. The Balaban J connectivity index is 2.19. The van der Waals surface area contributed by atoms with Crippen LogP contribution in [0.4, 0.5) is 0 Å². The van der Waals surface area contributed by atoms with Gasteiger partial charge in [-0.3, -0.25) is 4.90 Å². The predicted molar refractivity (Wildman–Crippen MR) is 71.3 cm³/mol. The van der Waals surface area contributed by atoms with Crippen molar-refractivity contribution in [1.29, 1.82) is 0 Å².